The van der Waals surface area contributed by atoms with Crippen molar-refractivity contribution >= 4 is 21.8 Å². The van der Waals surface area contributed by atoms with Crippen LogP contribution in [0.2, 0.25) is 0 Å². The van der Waals surface area contributed by atoms with Crippen molar-refractivity contribution in [3.8, 4) is 5.75 Å². The van der Waals surface area contributed by atoms with Crippen molar-refractivity contribution in [1.82, 2.24) is 4.31 Å². The van der Waals surface area contributed by atoms with Gasteiger partial charge < -0.3 is 9.47 Å². The Labute approximate surface area is 185 Å². The number of ether oxygens (including phenoxy) is 2. The number of benzene rings is 2. The van der Waals surface area contributed by atoms with Crippen LogP contribution in [-0.4, -0.2) is 50.8 Å². The fraction of sp³-hybridized carbons (Fsp3) is 0.364. The van der Waals surface area contributed by atoms with Gasteiger partial charge in [-0.25, -0.2) is 13.2 Å². The molecule has 1 fully saturated rings. The van der Waals surface area contributed by atoms with Gasteiger partial charge in [-0.1, -0.05) is 18.9 Å². The summed E-state index contributed by atoms with van der Waals surface area (Å²) in [5, 5.41) is 0. The Morgan fingerprint density at radius 1 is 0.938 bits per heavy atom. The Balaban J connectivity index is 1.63. The topological polar surface area (TPSA) is 90.0 Å². The quantitative estimate of drug-likeness (QED) is 0.432. The Kier molecular flexibility index (Phi) is 7.92. The highest BCUT2D eigenvalue weighted by Crippen LogP contribution is 2.21. The summed E-state index contributed by atoms with van der Waals surface area (Å²) >= 11 is 0. The largest absolute Gasteiger partial charge is 0.454 e. The van der Waals surface area contributed by atoms with Gasteiger partial charge in [0.05, 0.1) is 10.5 Å². The van der Waals surface area contributed by atoms with E-state index in [2.05, 4.69) is 4.74 Å². The SMILES string of the molecule is O=C(COC(=O)c1cccc(S(=O)(=O)N2CCCCCC2)c1)c1ccc(OC(F)F)cc1. The van der Waals surface area contributed by atoms with Gasteiger partial charge in [0, 0.05) is 18.7 Å². The molecule has 0 amide bonds. The fourth-order valence-corrected chi connectivity index (χ4v) is 4.90. The first kappa shape index (κ1) is 23.8. The first-order valence-corrected chi connectivity index (χ1v) is 11.6. The van der Waals surface area contributed by atoms with E-state index in [4.69, 9.17) is 4.74 Å². The van der Waals surface area contributed by atoms with Gasteiger partial charge in [-0.05, 0) is 55.3 Å². The molecule has 3 rings (SSSR count). The summed E-state index contributed by atoms with van der Waals surface area (Å²) in [5.74, 6) is -1.49. The minimum atomic E-state index is -3.74. The van der Waals surface area contributed by atoms with Crippen LogP contribution in [0.4, 0.5) is 8.78 Å². The predicted molar refractivity (Wildman–Crippen MR) is 111 cm³/mol. The second-order valence-electron chi connectivity index (χ2n) is 7.25. The first-order valence-electron chi connectivity index (χ1n) is 10.1. The molecule has 0 radical (unpaired) electrons. The van der Waals surface area contributed by atoms with Gasteiger partial charge in [-0.3, -0.25) is 4.79 Å². The average Bonchev–Trinajstić information content (AvgIpc) is 3.08. The van der Waals surface area contributed by atoms with Gasteiger partial charge in [-0.2, -0.15) is 13.1 Å². The molecule has 0 bridgehead atoms. The third-order valence-electron chi connectivity index (χ3n) is 5.01. The first-order chi connectivity index (χ1) is 15.3. The molecule has 10 heteroatoms. The van der Waals surface area contributed by atoms with Crippen LogP contribution in [0.1, 0.15) is 46.4 Å². The van der Waals surface area contributed by atoms with E-state index in [9.17, 15) is 26.8 Å². The van der Waals surface area contributed by atoms with Gasteiger partial charge in [-0.15, -0.1) is 0 Å². The zero-order valence-electron chi connectivity index (χ0n) is 17.2. The smallest absolute Gasteiger partial charge is 0.387 e. The lowest BCUT2D eigenvalue weighted by Gasteiger charge is -2.20. The number of carbonyl (C=O) groups is 2. The lowest BCUT2D eigenvalue weighted by molar-refractivity contribution is -0.0498. The predicted octanol–water partition coefficient (Wildman–Crippen LogP) is 3.89. The Morgan fingerprint density at radius 3 is 2.22 bits per heavy atom. The highest BCUT2D eigenvalue weighted by Gasteiger charge is 2.26. The summed E-state index contributed by atoms with van der Waals surface area (Å²) < 4.78 is 60.9. The van der Waals surface area contributed by atoms with Crippen LogP contribution in [0, 0.1) is 0 Å². The number of hydrogen-bond donors (Lipinski definition) is 0. The molecule has 7 nitrogen and oxygen atoms in total. The number of hydrogen-bond acceptors (Lipinski definition) is 6. The lowest BCUT2D eigenvalue weighted by atomic mass is 10.1. The molecule has 0 spiro atoms. The molecule has 2 aromatic rings. The molecule has 0 N–H and O–H groups in total. The number of rotatable bonds is 8. The highest BCUT2D eigenvalue weighted by molar-refractivity contribution is 7.89. The molecule has 1 aliphatic heterocycles. The number of ketones is 1. The minimum absolute atomic E-state index is 0.00482. The Morgan fingerprint density at radius 2 is 1.59 bits per heavy atom. The number of esters is 1. The van der Waals surface area contributed by atoms with E-state index in [1.54, 1.807) is 0 Å². The molecule has 0 saturated carbocycles. The monoisotopic (exact) mass is 467 g/mol. The van der Waals surface area contributed by atoms with E-state index in [1.807, 2.05) is 0 Å². The summed E-state index contributed by atoms with van der Waals surface area (Å²) in [7, 11) is -3.74. The van der Waals surface area contributed by atoms with Crippen molar-refractivity contribution in [2.75, 3.05) is 19.7 Å². The van der Waals surface area contributed by atoms with Crippen molar-refractivity contribution in [2.24, 2.45) is 0 Å². The molecule has 1 saturated heterocycles. The second-order valence-corrected chi connectivity index (χ2v) is 9.19. The molecular formula is C22H23F2NO6S. The molecule has 32 heavy (non-hydrogen) atoms. The molecule has 1 aliphatic rings. The van der Waals surface area contributed by atoms with Gasteiger partial charge in [0.15, 0.2) is 12.4 Å². The number of carbonyl (C=O) groups excluding carboxylic acids is 2. The van der Waals surface area contributed by atoms with Crippen molar-refractivity contribution in [3.63, 3.8) is 0 Å². The normalized spacial score (nSPS) is 15.2. The molecule has 0 atom stereocenters. The van der Waals surface area contributed by atoms with Gasteiger partial charge in [0.25, 0.3) is 0 Å². The van der Waals surface area contributed by atoms with Gasteiger partial charge in [0.1, 0.15) is 5.75 Å². The van der Waals surface area contributed by atoms with Crippen molar-refractivity contribution in [2.45, 2.75) is 37.2 Å². The molecule has 0 aliphatic carbocycles. The molecule has 1 heterocycles. The number of halogens is 2. The van der Waals surface area contributed by atoms with Crippen LogP contribution in [0.3, 0.4) is 0 Å². The number of Topliss-reactive ketones (excluding diaryl/α,β-unsaturated/α-hetero) is 1. The summed E-state index contributed by atoms with van der Waals surface area (Å²) in [5.41, 5.74) is 0.159. The maximum absolute atomic E-state index is 12.9. The van der Waals surface area contributed by atoms with Crippen LogP contribution < -0.4 is 4.74 Å². The Hall–Kier alpha value is -2.85. The van der Waals surface area contributed by atoms with Crippen molar-refractivity contribution in [3.05, 3.63) is 59.7 Å². The van der Waals surface area contributed by atoms with Crippen LogP contribution >= 0.6 is 0 Å². The molecule has 0 unspecified atom stereocenters. The third kappa shape index (κ3) is 6.10. The summed E-state index contributed by atoms with van der Waals surface area (Å²) in [6, 6.07) is 10.5. The zero-order valence-corrected chi connectivity index (χ0v) is 18.0. The van der Waals surface area contributed by atoms with E-state index in [-0.39, 0.29) is 21.8 Å². The molecular weight excluding hydrogens is 444 g/mol. The van der Waals surface area contributed by atoms with E-state index in [0.717, 1.165) is 25.7 Å². The van der Waals surface area contributed by atoms with E-state index >= 15 is 0 Å². The summed E-state index contributed by atoms with van der Waals surface area (Å²) in [4.78, 5) is 24.6. The van der Waals surface area contributed by atoms with E-state index in [1.165, 1.54) is 52.8 Å². The van der Waals surface area contributed by atoms with Crippen LogP contribution in [0.25, 0.3) is 0 Å². The highest BCUT2D eigenvalue weighted by atomic mass is 32.2. The number of sulfonamides is 1. The van der Waals surface area contributed by atoms with E-state index in [0.29, 0.717) is 13.1 Å². The number of nitrogens with zero attached hydrogens (tertiary/aromatic N) is 1. The fourth-order valence-electron chi connectivity index (χ4n) is 3.33. The van der Waals surface area contributed by atoms with Crippen LogP contribution in [0.5, 0.6) is 5.75 Å². The Bertz CT molecular complexity index is 1050. The molecule has 2 aromatic carbocycles. The maximum atomic E-state index is 12.9. The average molecular weight is 467 g/mol. The summed E-state index contributed by atoms with van der Waals surface area (Å²) in [6.07, 6.45) is 3.54. The molecule has 172 valence electrons. The summed E-state index contributed by atoms with van der Waals surface area (Å²) in [6.45, 7) is -2.69. The second kappa shape index (κ2) is 10.6. The lowest BCUT2D eigenvalue weighted by Crippen LogP contribution is -2.32. The van der Waals surface area contributed by atoms with Crippen molar-refractivity contribution in [1.29, 1.82) is 0 Å². The standard InChI is InChI=1S/C22H23F2NO6S/c23-22(24)31-18-10-8-16(9-11-18)20(26)15-30-21(27)17-6-5-7-19(14-17)32(28,29)25-12-3-1-2-4-13-25/h5-11,14,22H,1-4,12-13,15H2. The third-order valence-corrected chi connectivity index (χ3v) is 6.90. The number of alkyl halides is 2. The van der Waals surface area contributed by atoms with Gasteiger partial charge in [0.2, 0.25) is 10.0 Å². The minimum Gasteiger partial charge on any atom is -0.454 e. The maximum Gasteiger partial charge on any atom is 0.387 e. The van der Waals surface area contributed by atoms with Crippen molar-refractivity contribution < 1.29 is 36.3 Å². The van der Waals surface area contributed by atoms with E-state index < -0.39 is 35.0 Å². The van der Waals surface area contributed by atoms with Crippen LogP contribution in [-0.2, 0) is 14.8 Å². The zero-order chi connectivity index (χ0) is 23.1. The van der Waals surface area contributed by atoms with Gasteiger partial charge >= 0.3 is 12.6 Å². The molecule has 0 aromatic heterocycles. The van der Waals surface area contributed by atoms with Crippen LogP contribution in [0.15, 0.2) is 53.4 Å².